The molecule has 210 valence electrons. The first-order chi connectivity index (χ1) is 21.6. The second kappa shape index (κ2) is 9.57. The fraction of sp³-hybridized carbons (Fsp3) is 0.0769. The lowest BCUT2D eigenvalue weighted by Crippen LogP contribution is -2.61. The van der Waals surface area contributed by atoms with E-state index in [1.807, 2.05) is 6.07 Å². The van der Waals surface area contributed by atoms with E-state index in [1.165, 1.54) is 67.2 Å². The van der Waals surface area contributed by atoms with Gasteiger partial charge < -0.3 is 14.4 Å². The first kappa shape index (κ1) is 25.6. The number of para-hydroxylation sites is 4. The second-order valence-corrected chi connectivity index (χ2v) is 13.0. The average molecular weight is 585 g/mol. The molecule has 0 N–H and O–H groups in total. The van der Waals surface area contributed by atoms with Crippen molar-refractivity contribution in [3.63, 3.8) is 0 Å². The van der Waals surface area contributed by atoms with Gasteiger partial charge in [0.25, 0.3) is 0 Å². The molecule has 0 aliphatic carbocycles. The summed E-state index contributed by atoms with van der Waals surface area (Å²) in [6.45, 7) is 6.66. The van der Waals surface area contributed by atoms with Crippen LogP contribution in [0.5, 0.6) is 11.5 Å². The topological polar surface area (TPSA) is 15.7 Å². The van der Waals surface area contributed by atoms with Crippen molar-refractivity contribution in [3.8, 4) is 22.6 Å². The predicted octanol–water partition coefficient (Wildman–Crippen LogP) is 9.58. The molecule has 0 spiro atoms. The van der Waals surface area contributed by atoms with E-state index in [4.69, 9.17) is 4.74 Å². The highest BCUT2D eigenvalue weighted by atomic mass is 32.2. The maximum absolute atomic E-state index is 6.56. The molecule has 9 rings (SSSR count). The Morgan fingerprint density at radius 1 is 0.545 bits per heavy atom. The summed E-state index contributed by atoms with van der Waals surface area (Å²) in [5.74, 6) is 1.83. The maximum Gasteiger partial charge on any atom is 0.333 e. The van der Waals surface area contributed by atoms with Crippen LogP contribution in [0.25, 0.3) is 11.1 Å². The fourth-order valence-electron chi connectivity index (χ4n) is 7.24. The van der Waals surface area contributed by atoms with Crippen LogP contribution in [0, 0.1) is 20.8 Å². The van der Waals surface area contributed by atoms with Crippen molar-refractivity contribution < 1.29 is 4.74 Å². The number of ether oxygens (including phenoxy) is 1. The standard InChI is InChI=1S/C39H29BN2OS/c1-24-20-28-27-22-36-38(44-37-19-11-10-18-35(37)43-36)23-33(27)42(31-16-8-5-13-26(31)3)40-29-14-6-9-17-32(29)41(34(21-24)39(28)40)30-15-7-4-12-25(30)2/h4-23H,1-3H3. The fourth-order valence-corrected chi connectivity index (χ4v) is 8.21. The van der Waals surface area contributed by atoms with Gasteiger partial charge in [0.05, 0.1) is 9.79 Å². The van der Waals surface area contributed by atoms with Crippen LogP contribution in [0.1, 0.15) is 16.7 Å². The summed E-state index contributed by atoms with van der Waals surface area (Å²) in [6.07, 6.45) is 0. The molecular formula is C39H29BN2OS. The van der Waals surface area contributed by atoms with E-state index in [0.29, 0.717) is 0 Å². The molecule has 0 saturated carbocycles. The largest absolute Gasteiger partial charge is 0.455 e. The van der Waals surface area contributed by atoms with Crippen molar-refractivity contribution >= 4 is 58.0 Å². The number of benzene rings is 6. The number of hydrogen-bond donors (Lipinski definition) is 0. The van der Waals surface area contributed by atoms with Gasteiger partial charge in [0.1, 0.15) is 11.5 Å². The minimum Gasteiger partial charge on any atom is -0.455 e. The molecule has 44 heavy (non-hydrogen) atoms. The Hall–Kier alpha value is -4.87. The predicted molar refractivity (Wildman–Crippen MR) is 185 cm³/mol. The van der Waals surface area contributed by atoms with Crippen LogP contribution in [0.4, 0.5) is 28.4 Å². The van der Waals surface area contributed by atoms with Gasteiger partial charge in [-0.25, -0.2) is 0 Å². The molecule has 0 atom stereocenters. The highest BCUT2D eigenvalue weighted by Gasteiger charge is 2.45. The van der Waals surface area contributed by atoms with Gasteiger partial charge in [-0.3, -0.25) is 0 Å². The molecule has 0 aromatic heterocycles. The third-order valence-corrected chi connectivity index (χ3v) is 10.3. The Morgan fingerprint density at radius 3 is 2.02 bits per heavy atom. The average Bonchev–Trinajstić information content (AvgIpc) is 3.04. The zero-order valence-corrected chi connectivity index (χ0v) is 25.7. The molecule has 0 bridgehead atoms. The summed E-state index contributed by atoms with van der Waals surface area (Å²) in [4.78, 5) is 7.35. The van der Waals surface area contributed by atoms with E-state index in [1.54, 1.807) is 11.8 Å². The van der Waals surface area contributed by atoms with Crippen LogP contribution in [-0.4, -0.2) is 6.85 Å². The minimum atomic E-state index is 0.00511. The molecule has 3 heterocycles. The zero-order valence-electron chi connectivity index (χ0n) is 24.8. The molecule has 0 saturated heterocycles. The van der Waals surface area contributed by atoms with Crippen LogP contribution >= 0.6 is 11.8 Å². The van der Waals surface area contributed by atoms with E-state index >= 15 is 0 Å². The van der Waals surface area contributed by atoms with Gasteiger partial charge >= 0.3 is 6.85 Å². The number of nitrogens with zero attached hydrogens (tertiary/aromatic N) is 2. The molecular weight excluding hydrogens is 555 g/mol. The smallest absolute Gasteiger partial charge is 0.333 e. The highest BCUT2D eigenvalue weighted by molar-refractivity contribution is 7.99. The van der Waals surface area contributed by atoms with Gasteiger partial charge in [0.15, 0.2) is 0 Å². The Morgan fingerprint density at radius 2 is 1.23 bits per heavy atom. The number of fused-ring (bicyclic) bond motifs is 6. The number of anilines is 5. The first-order valence-electron chi connectivity index (χ1n) is 15.1. The summed E-state index contributed by atoms with van der Waals surface area (Å²) in [5, 5.41) is 0. The first-order valence-corrected chi connectivity index (χ1v) is 16.0. The van der Waals surface area contributed by atoms with Gasteiger partial charge in [-0.15, -0.1) is 0 Å². The molecule has 0 amide bonds. The Bertz CT molecular complexity index is 2160. The van der Waals surface area contributed by atoms with E-state index in [-0.39, 0.29) is 6.85 Å². The van der Waals surface area contributed by atoms with Crippen LogP contribution in [0.3, 0.4) is 0 Å². The second-order valence-electron chi connectivity index (χ2n) is 12.0. The Kier molecular flexibility index (Phi) is 5.57. The molecule has 0 unspecified atom stereocenters. The lowest BCUT2D eigenvalue weighted by atomic mass is 9.43. The monoisotopic (exact) mass is 584 g/mol. The third-order valence-electron chi connectivity index (χ3n) is 9.18. The van der Waals surface area contributed by atoms with Crippen molar-refractivity contribution in [2.75, 3.05) is 9.71 Å². The number of rotatable bonds is 2. The van der Waals surface area contributed by atoms with Crippen LogP contribution in [0.15, 0.2) is 131 Å². The minimum absolute atomic E-state index is 0.00511. The summed E-state index contributed by atoms with van der Waals surface area (Å²) in [6, 6.07) is 44.2. The summed E-state index contributed by atoms with van der Waals surface area (Å²) in [7, 11) is 0. The van der Waals surface area contributed by atoms with E-state index < -0.39 is 0 Å². The molecule has 0 radical (unpaired) electrons. The van der Waals surface area contributed by atoms with Crippen molar-refractivity contribution in [2.24, 2.45) is 0 Å². The summed E-state index contributed by atoms with van der Waals surface area (Å²) < 4.78 is 6.56. The molecule has 6 aromatic carbocycles. The van der Waals surface area contributed by atoms with Crippen LogP contribution in [-0.2, 0) is 0 Å². The molecule has 3 aliphatic rings. The molecule has 3 aliphatic heterocycles. The van der Waals surface area contributed by atoms with Gasteiger partial charge in [-0.2, -0.15) is 0 Å². The van der Waals surface area contributed by atoms with Gasteiger partial charge in [0, 0.05) is 34.0 Å². The van der Waals surface area contributed by atoms with Crippen LogP contribution in [0.2, 0.25) is 0 Å². The highest BCUT2D eigenvalue weighted by Crippen LogP contribution is 2.54. The molecule has 0 fully saturated rings. The lowest BCUT2D eigenvalue weighted by Gasteiger charge is -2.46. The normalized spacial score (nSPS) is 13.8. The lowest BCUT2D eigenvalue weighted by molar-refractivity contribution is 0.455. The SMILES string of the molecule is Cc1cc2c3c(c1)N(c1ccccc1C)c1ccccc1B3N(c1ccccc1C)c1cc3c(cc1-2)Oc1ccccc1S3. The van der Waals surface area contributed by atoms with E-state index in [0.717, 1.165) is 21.3 Å². The Labute approximate surface area is 262 Å². The number of hydrogen-bond acceptors (Lipinski definition) is 4. The summed E-state index contributed by atoms with van der Waals surface area (Å²) >= 11 is 1.79. The van der Waals surface area contributed by atoms with Crippen molar-refractivity contribution in [1.82, 2.24) is 0 Å². The summed E-state index contributed by atoms with van der Waals surface area (Å²) in [5.41, 5.74) is 14.9. The van der Waals surface area contributed by atoms with Crippen molar-refractivity contribution in [3.05, 3.63) is 138 Å². The van der Waals surface area contributed by atoms with Crippen molar-refractivity contribution in [2.45, 2.75) is 30.6 Å². The molecule has 6 aromatic rings. The van der Waals surface area contributed by atoms with E-state index in [2.05, 4.69) is 146 Å². The zero-order chi connectivity index (χ0) is 29.5. The third kappa shape index (κ3) is 3.66. The van der Waals surface area contributed by atoms with E-state index in [9.17, 15) is 0 Å². The Balaban J connectivity index is 1.39. The molecule has 5 heteroatoms. The van der Waals surface area contributed by atoms with Gasteiger partial charge in [-0.05, 0) is 102 Å². The van der Waals surface area contributed by atoms with Crippen LogP contribution < -0.4 is 25.4 Å². The van der Waals surface area contributed by atoms with Crippen molar-refractivity contribution in [1.29, 1.82) is 0 Å². The van der Waals surface area contributed by atoms with Gasteiger partial charge in [-0.1, -0.05) is 84.6 Å². The maximum atomic E-state index is 6.56. The molecule has 3 nitrogen and oxygen atoms in total. The van der Waals surface area contributed by atoms with Gasteiger partial charge in [0.2, 0.25) is 0 Å². The number of aryl methyl sites for hydroxylation is 3. The quantitative estimate of drug-likeness (QED) is 0.188.